The lowest BCUT2D eigenvalue weighted by Gasteiger charge is -2.14. The second-order valence-corrected chi connectivity index (χ2v) is 3.55. The van der Waals surface area contributed by atoms with E-state index in [4.69, 9.17) is 5.11 Å². The van der Waals surface area contributed by atoms with E-state index in [1.807, 2.05) is 0 Å². The van der Waals surface area contributed by atoms with Crippen LogP contribution in [0, 0.1) is 5.92 Å². The third-order valence-corrected chi connectivity index (χ3v) is 1.82. The Morgan fingerprint density at radius 3 is 2.46 bits per heavy atom. The summed E-state index contributed by atoms with van der Waals surface area (Å²) in [6, 6.07) is -0.225. The predicted molar refractivity (Wildman–Crippen MR) is 49.3 cm³/mol. The smallest absolute Gasteiger partial charge is 0.305 e. The van der Waals surface area contributed by atoms with Crippen LogP contribution in [0.4, 0.5) is 0 Å². The van der Waals surface area contributed by atoms with E-state index in [1.165, 1.54) is 0 Å². The van der Waals surface area contributed by atoms with E-state index in [1.54, 1.807) is 0 Å². The highest BCUT2D eigenvalue weighted by atomic mass is 16.4. The molecule has 1 amide bonds. The number of carbonyl (C=O) groups is 2. The van der Waals surface area contributed by atoms with Crippen LogP contribution in [0.1, 0.15) is 33.1 Å². The summed E-state index contributed by atoms with van der Waals surface area (Å²) in [6.45, 7) is 4.14. The van der Waals surface area contributed by atoms with Crippen LogP contribution < -0.4 is 5.32 Å². The number of hydrogen-bond donors (Lipinski definition) is 2. The molecule has 0 aromatic heterocycles. The quantitative estimate of drug-likeness (QED) is 0.584. The zero-order chi connectivity index (χ0) is 10.3. The summed E-state index contributed by atoms with van der Waals surface area (Å²) in [5.74, 6) is -0.340. The molecule has 0 bridgehead atoms. The fourth-order valence-electron chi connectivity index (χ4n) is 1.09. The molecule has 13 heavy (non-hydrogen) atoms. The first-order chi connectivity index (χ1) is 6.06. The summed E-state index contributed by atoms with van der Waals surface area (Å²) in [5.41, 5.74) is 0. The molecular formula is C9H17NO3. The number of carboxylic acid groups (broad SMARTS) is 1. The Bertz CT molecular complexity index is 168. The maximum atomic E-state index is 10.4. The van der Waals surface area contributed by atoms with Gasteiger partial charge in [-0.2, -0.15) is 0 Å². The molecule has 0 fully saturated rings. The molecule has 0 saturated carbocycles. The lowest BCUT2D eigenvalue weighted by molar-refractivity contribution is -0.137. The lowest BCUT2D eigenvalue weighted by atomic mass is 10.0. The van der Waals surface area contributed by atoms with Gasteiger partial charge in [0.05, 0.1) is 6.42 Å². The average Bonchev–Trinajstić information content (AvgIpc) is 1.99. The average molecular weight is 187 g/mol. The summed E-state index contributed by atoms with van der Waals surface area (Å²) in [6.07, 6.45) is 2.22. The van der Waals surface area contributed by atoms with Crippen molar-refractivity contribution in [3.63, 3.8) is 0 Å². The van der Waals surface area contributed by atoms with Crippen molar-refractivity contribution in [2.45, 2.75) is 39.2 Å². The van der Waals surface area contributed by atoms with E-state index in [-0.39, 0.29) is 12.5 Å². The zero-order valence-corrected chi connectivity index (χ0v) is 8.12. The van der Waals surface area contributed by atoms with Crippen LogP contribution in [-0.2, 0) is 9.59 Å². The molecule has 0 rings (SSSR count). The highest BCUT2D eigenvalue weighted by molar-refractivity contribution is 5.68. The van der Waals surface area contributed by atoms with Gasteiger partial charge in [0.2, 0.25) is 6.41 Å². The Hall–Kier alpha value is -1.06. The molecule has 0 aromatic rings. The van der Waals surface area contributed by atoms with Crippen molar-refractivity contribution in [2.75, 3.05) is 0 Å². The largest absolute Gasteiger partial charge is 0.481 e. The molecular weight excluding hydrogens is 170 g/mol. The second-order valence-electron chi connectivity index (χ2n) is 3.55. The van der Waals surface area contributed by atoms with Crippen molar-refractivity contribution >= 4 is 12.4 Å². The molecule has 4 nitrogen and oxygen atoms in total. The van der Waals surface area contributed by atoms with Gasteiger partial charge in [0.25, 0.3) is 0 Å². The number of carboxylic acids is 1. The Morgan fingerprint density at radius 1 is 1.46 bits per heavy atom. The summed E-state index contributed by atoms with van der Waals surface area (Å²) in [4.78, 5) is 20.5. The summed E-state index contributed by atoms with van der Waals surface area (Å²) < 4.78 is 0. The first-order valence-electron chi connectivity index (χ1n) is 4.47. The fraction of sp³-hybridized carbons (Fsp3) is 0.778. The number of nitrogens with one attached hydrogen (secondary N) is 1. The van der Waals surface area contributed by atoms with E-state index in [0.29, 0.717) is 12.3 Å². The first-order valence-corrected chi connectivity index (χ1v) is 4.47. The van der Waals surface area contributed by atoms with E-state index in [2.05, 4.69) is 19.2 Å². The molecule has 0 heterocycles. The lowest BCUT2D eigenvalue weighted by Crippen LogP contribution is -2.30. The van der Waals surface area contributed by atoms with Gasteiger partial charge in [-0.3, -0.25) is 9.59 Å². The summed E-state index contributed by atoms with van der Waals surface area (Å²) >= 11 is 0. The fourth-order valence-corrected chi connectivity index (χ4v) is 1.09. The highest BCUT2D eigenvalue weighted by Crippen LogP contribution is 2.08. The topological polar surface area (TPSA) is 66.4 Å². The van der Waals surface area contributed by atoms with Gasteiger partial charge in [-0.1, -0.05) is 13.8 Å². The predicted octanol–water partition coefficient (Wildman–Crippen LogP) is 1.01. The molecule has 0 saturated heterocycles. The van der Waals surface area contributed by atoms with Crippen LogP contribution in [-0.4, -0.2) is 23.5 Å². The number of hydrogen-bond acceptors (Lipinski definition) is 2. The Labute approximate surface area is 78.3 Å². The number of amides is 1. The minimum absolute atomic E-state index is 0.00542. The van der Waals surface area contributed by atoms with Crippen LogP contribution in [0.15, 0.2) is 0 Å². The monoisotopic (exact) mass is 187 g/mol. The van der Waals surface area contributed by atoms with Crippen molar-refractivity contribution in [3.8, 4) is 0 Å². The number of aliphatic carboxylic acids is 1. The minimum atomic E-state index is -0.872. The van der Waals surface area contributed by atoms with Gasteiger partial charge in [0.1, 0.15) is 0 Å². The normalized spacial score (nSPS) is 12.5. The molecule has 4 heteroatoms. The van der Waals surface area contributed by atoms with E-state index in [9.17, 15) is 9.59 Å². The minimum Gasteiger partial charge on any atom is -0.481 e. The maximum Gasteiger partial charge on any atom is 0.305 e. The molecule has 1 atom stereocenters. The van der Waals surface area contributed by atoms with Crippen molar-refractivity contribution in [2.24, 2.45) is 5.92 Å². The van der Waals surface area contributed by atoms with Crippen LogP contribution >= 0.6 is 0 Å². The molecule has 0 spiro atoms. The molecule has 0 aliphatic carbocycles. The van der Waals surface area contributed by atoms with E-state index in [0.717, 1.165) is 12.8 Å². The van der Waals surface area contributed by atoms with Crippen molar-refractivity contribution in [1.29, 1.82) is 0 Å². The van der Waals surface area contributed by atoms with E-state index < -0.39 is 5.97 Å². The van der Waals surface area contributed by atoms with Gasteiger partial charge in [-0.25, -0.2) is 0 Å². The van der Waals surface area contributed by atoms with Crippen LogP contribution in [0.5, 0.6) is 0 Å². The maximum absolute atomic E-state index is 10.4. The van der Waals surface area contributed by atoms with Gasteiger partial charge < -0.3 is 10.4 Å². The molecule has 1 unspecified atom stereocenters. The molecule has 0 radical (unpaired) electrons. The molecule has 2 N–H and O–H groups in total. The van der Waals surface area contributed by atoms with Crippen LogP contribution in [0.3, 0.4) is 0 Å². The Kier molecular flexibility index (Phi) is 5.93. The molecule has 0 aliphatic rings. The van der Waals surface area contributed by atoms with Gasteiger partial charge in [0.15, 0.2) is 0 Å². The van der Waals surface area contributed by atoms with Crippen LogP contribution in [0.25, 0.3) is 0 Å². The molecule has 76 valence electrons. The SMILES string of the molecule is CC(C)CCC(CC(=O)O)NC=O. The third kappa shape index (κ3) is 7.31. The molecule has 0 aromatic carbocycles. The molecule has 0 aliphatic heterocycles. The summed E-state index contributed by atoms with van der Waals surface area (Å²) in [7, 11) is 0. The van der Waals surface area contributed by atoms with Gasteiger partial charge in [0, 0.05) is 6.04 Å². The number of rotatable bonds is 7. The Morgan fingerprint density at radius 2 is 2.08 bits per heavy atom. The van der Waals surface area contributed by atoms with Gasteiger partial charge >= 0.3 is 5.97 Å². The zero-order valence-electron chi connectivity index (χ0n) is 8.12. The summed E-state index contributed by atoms with van der Waals surface area (Å²) in [5, 5.41) is 11.0. The first kappa shape index (κ1) is 11.9. The highest BCUT2D eigenvalue weighted by Gasteiger charge is 2.12. The van der Waals surface area contributed by atoms with Crippen LogP contribution in [0.2, 0.25) is 0 Å². The van der Waals surface area contributed by atoms with Crippen molar-refractivity contribution in [1.82, 2.24) is 5.32 Å². The number of carbonyl (C=O) groups excluding carboxylic acids is 1. The second kappa shape index (κ2) is 6.46. The van der Waals surface area contributed by atoms with Gasteiger partial charge in [-0.15, -0.1) is 0 Å². The van der Waals surface area contributed by atoms with Crippen molar-refractivity contribution < 1.29 is 14.7 Å². The standard InChI is InChI=1S/C9H17NO3/c1-7(2)3-4-8(10-6-11)5-9(12)13/h6-8H,3-5H2,1-2H3,(H,10,11)(H,12,13). The van der Waals surface area contributed by atoms with E-state index >= 15 is 0 Å². The van der Waals surface area contributed by atoms with Gasteiger partial charge in [-0.05, 0) is 18.8 Å². The third-order valence-electron chi connectivity index (χ3n) is 1.82. The Balaban J connectivity index is 3.79. The van der Waals surface area contributed by atoms with Crippen molar-refractivity contribution in [3.05, 3.63) is 0 Å².